The highest BCUT2D eigenvalue weighted by atomic mass is 16.5. The predicted octanol–water partition coefficient (Wildman–Crippen LogP) is 12.6. The van der Waals surface area contributed by atoms with Crippen molar-refractivity contribution in [2.24, 2.45) is 0 Å². The van der Waals surface area contributed by atoms with Crippen LogP contribution in [0.3, 0.4) is 0 Å². The lowest BCUT2D eigenvalue weighted by Crippen LogP contribution is -2.35. The molecule has 23 nitrogen and oxygen atoms in total. The van der Waals surface area contributed by atoms with Crippen molar-refractivity contribution in [3.63, 3.8) is 0 Å². The standard InChI is InChI=1S/C17H9NO3.C16H14N2O4.C15H13NO3.C14H12N2O3.C14H11NO3/c19-14-11-8-4-5-9-12(11)16-13(15(14)20)18-17(21-16)10-6-2-1-3-7-10;19-14-10-3-1-2-4-11(10)16-13(15(14)20)17-12(22-16)9-18-5-7-21-8-6-18;1-15(2,3)14-16-10-12(18)11(17)8-6-4-5-7-9(8)13(10)19-14;1-16(2)7-10-15-11-13(18)12(17)8-5-3-4-6-9(8)14(11)19-10;1-7(2)14-15-10-12(17)11(16)8-5-3-4-6-9(8)13(10)18-14/h1-9H;1-4H,5-9H2;4-7H,1-3H3;3-6H,7H2,1-2H3;3-7H,1-2H3. The van der Waals surface area contributed by atoms with E-state index in [2.05, 4.69) is 29.8 Å². The Morgan fingerprint density at radius 1 is 0.384 bits per heavy atom. The number of fused-ring (bicyclic) bond motifs is 15. The molecule has 11 aromatic rings. The molecule has 1 fully saturated rings. The Balaban J connectivity index is 0.000000111. The minimum atomic E-state index is -0.616. The highest BCUT2D eigenvalue weighted by molar-refractivity contribution is 6.54. The quantitative estimate of drug-likeness (QED) is 0.140. The lowest BCUT2D eigenvalue weighted by atomic mass is 9.91. The van der Waals surface area contributed by atoms with Crippen LogP contribution < -0.4 is 0 Å². The van der Waals surface area contributed by atoms with Gasteiger partial charge in [-0.15, -0.1) is 0 Å². The number of Topliss-reactive ketones (excluding diaryl/α,β-unsaturated/α-hetero) is 10. The van der Waals surface area contributed by atoms with E-state index in [-0.39, 0.29) is 39.8 Å². The lowest BCUT2D eigenvalue weighted by Gasteiger charge is -2.24. The molecule has 1 saturated heterocycles. The van der Waals surface area contributed by atoms with E-state index in [9.17, 15) is 47.9 Å². The van der Waals surface area contributed by atoms with Crippen LogP contribution in [0.1, 0.15) is 168 Å². The second-order valence-electron chi connectivity index (χ2n) is 25.1. The Labute approximate surface area is 563 Å². The van der Waals surface area contributed by atoms with Gasteiger partial charge in [0, 0.05) is 85.6 Å². The summed E-state index contributed by atoms with van der Waals surface area (Å²) in [6.45, 7) is 13.7. The molecule has 0 amide bonds. The van der Waals surface area contributed by atoms with Crippen LogP contribution in [0.25, 0.3) is 68.1 Å². The molecule has 5 aromatic heterocycles. The van der Waals surface area contributed by atoms with Crippen LogP contribution in [0, 0.1) is 0 Å². The van der Waals surface area contributed by atoms with Gasteiger partial charge >= 0.3 is 0 Å². The molecule has 1 aliphatic heterocycles. The summed E-state index contributed by atoms with van der Waals surface area (Å²) in [4.78, 5) is 145. The zero-order valence-electron chi connectivity index (χ0n) is 54.4. The Morgan fingerprint density at radius 2 is 0.717 bits per heavy atom. The van der Waals surface area contributed by atoms with Gasteiger partial charge in [-0.2, -0.15) is 0 Å². The summed E-state index contributed by atoms with van der Waals surface area (Å²) in [7, 11) is 3.76. The van der Waals surface area contributed by atoms with Crippen molar-refractivity contribution in [2.45, 2.75) is 59.0 Å². The molecule has 99 heavy (non-hydrogen) atoms. The van der Waals surface area contributed by atoms with Crippen LogP contribution in [0.5, 0.6) is 0 Å². The zero-order chi connectivity index (χ0) is 69.7. The van der Waals surface area contributed by atoms with Crippen LogP contribution in [-0.4, -0.2) is 133 Å². The normalized spacial score (nSPS) is 14.6. The van der Waals surface area contributed by atoms with Gasteiger partial charge in [0.15, 0.2) is 63.2 Å². The van der Waals surface area contributed by atoms with Crippen molar-refractivity contribution in [2.75, 3.05) is 40.4 Å². The number of benzene rings is 6. The van der Waals surface area contributed by atoms with E-state index in [1.54, 1.807) is 103 Å². The molecule has 5 aliphatic carbocycles. The first-order valence-corrected chi connectivity index (χ1v) is 31.5. The zero-order valence-corrected chi connectivity index (χ0v) is 54.4. The summed E-state index contributed by atoms with van der Waals surface area (Å²) in [6, 6.07) is 44.0. The fourth-order valence-electron chi connectivity index (χ4n) is 11.6. The van der Waals surface area contributed by atoms with Gasteiger partial charge in [0.1, 0.15) is 0 Å². The Hall–Kier alpha value is -12.1. The number of carbonyl (C=O) groups is 10. The minimum Gasteiger partial charge on any atom is -0.440 e. The first-order chi connectivity index (χ1) is 47.6. The third-order valence-electron chi connectivity index (χ3n) is 16.5. The third-order valence-corrected chi connectivity index (χ3v) is 16.5. The molecule has 0 saturated carbocycles. The summed E-state index contributed by atoms with van der Waals surface area (Å²) < 4.78 is 33.8. The van der Waals surface area contributed by atoms with Gasteiger partial charge in [0.2, 0.25) is 52.5 Å². The molecule has 0 bridgehead atoms. The Morgan fingerprint density at radius 3 is 1.12 bits per heavy atom. The van der Waals surface area contributed by atoms with E-state index in [0.717, 1.165) is 18.7 Å². The summed E-state index contributed by atoms with van der Waals surface area (Å²) >= 11 is 0. The van der Waals surface area contributed by atoms with E-state index < -0.39 is 57.8 Å². The fraction of sp³-hybridized carbons (Fsp3) is 0.197. The van der Waals surface area contributed by atoms with Crippen LogP contribution >= 0.6 is 0 Å². The summed E-state index contributed by atoms with van der Waals surface area (Å²) in [5.74, 6) is -1.31. The van der Waals surface area contributed by atoms with Gasteiger partial charge in [-0.25, -0.2) is 24.9 Å². The third kappa shape index (κ3) is 12.4. The topological polar surface area (TPSA) is 317 Å². The summed E-state index contributed by atoms with van der Waals surface area (Å²) in [6.07, 6.45) is 0. The van der Waals surface area contributed by atoms with Crippen molar-refractivity contribution in [3.8, 4) is 68.1 Å². The maximum atomic E-state index is 12.2. The smallest absolute Gasteiger partial charge is 0.255 e. The van der Waals surface area contributed by atoms with Gasteiger partial charge in [-0.3, -0.25) is 52.8 Å². The largest absolute Gasteiger partial charge is 0.440 e. The monoisotopic (exact) mass is 1330 g/mol. The van der Waals surface area contributed by atoms with Crippen LogP contribution in [0.2, 0.25) is 0 Å². The second-order valence-corrected chi connectivity index (χ2v) is 25.1. The van der Waals surface area contributed by atoms with E-state index in [1.807, 2.05) is 102 Å². The molecule has 6 aromatic carbocycles. The van der Waals surface area contributed by atoms with Crippen LogP contribution in [0.4, 0.5) is 0 Å². The van der Waals surface area contributed by atoms with E-state index in [1.165, 1.54) is 0 Å². The number of hydrogen-bond acceptors (Lipinski definition) is 23. The molecule has 6 heterocycles. The van der Waals surface area contributed by atoms with Crippen molar-refractivity contribution in [3.05, 3.63) is 232 Å². The molecule has 0 atom stereocenters. The van der Waals surface area contributed by atoms with Crippen molar-refractivity contribution >= 4 is 57.8 Å². The molecule has 17 rings (SSSR count). The molecule has 494 valence electrons. The highest BCUT2D eigenvalue weighted by Gasteiger charge is 2.41. The molecule has 0 unspecified atom stereocenters. The average molecular weight is 1330 g/mol. The molecular weight excluding hydrogens is 1270 g/mol. The van der Waals surface area contributed by atoms with Crippen molar-refractivity contribution in [1.29, 1.82) is 0 Å². The van der Waals surface area contributed by atoms with Crippen molar-refractivity contribution < 1.29 is 74.8 Å². The van der Waals surface area contributed by atoms with E-state index in [4.69, 9.17) is 26.8 Å². The number of rotatable bonds is 6. The van der Waals surface area contributed by atoms with Gasteiger partial charge < -0.3 is 31.7 Å². The molecule has 23 heteroatoms. The molecule has 6 aliphatic rings. The highest BCUT2D eigenvalue weighted by Crippen LogP contribution is 2.41. The Bertz CT molecular complexity index is 5180. The maximum Gasteiger partial charge on any atom is 0.255 e. The summed E-state index contributed by atoms with van der Waals surface area (Å²) in [5.41, 5.74) is 6.18. The SMILES string of the molecule is CC(C)(C)c1nc2c(o1)-c1ccccc1C(=O)C2=O.CC(C)c1nc2c(o1)-c1ccccc1C(=O)C2=O.CN(C)Cc1nc2c(o1)-c1ccccc1C(=O)C2=O.O=C1C(=O)c2nc(-c3ccccc3)oc2-c2ccccc21.O=C1C(=O)c2nc(CN3CCOCC3)oc2-c2ccccc21. The maximum absolute atomic E-state index is 12.2. The molecular formula is C76H59N7O16. The van der Waals surface area contributed by atoms with Gasteiger partial charge in [-0.05, 0) is 26.2 Å². The Kier molecular flexibility index (Phi) is 17.6. The number of nitrogens with zero attached hydrogens (tertiary/aromatic N) is 7. The first-order valence-electron chi connectivity index (χ1n) is 31.5. The predicted molar refractivity (Wildman–Crippen MR) is 355 cm³/mol. The number of hydrogen-bond donors (Lipinski definition) is 0. The number of aromatic nitrogens is 5. The molecule has 0 N–H and O–H groups in total. The molecule has 0 spiro atoms. The average Bonchev–Trinajstić information content (AvgIpc) is 1.71. The van der Waals surface area contributed by atoms with Crippen molar-refractivity contribution in [1.82, 2.24) is 34.7 Å². The number of oxazole rings is 5. The van der Waals surface area contributed by atoms with E-state index >= 15 is 0 Å². The van der Waals surface area contributed by atoms with E-state index in [0.29, 0.717) is 140 Å². The minimum absolute atomic E-state index is 0.0747. The van der Waals surface area contributed by atoms with Gasteiger partial charge in [-0.1, -0.05) is 174 Å². The molecule has 0 radical (unpaired) electrons. The second kappa shape index (κ2) is 26.5. The lowest BCUT2D eigenvalue weighted by molar-refractivity contribution is 0.0306. The van der Waals surface area contributed by atoms with Crippen LogP contribution in [-0.2, 0) is 23.2 Å². The van der Waals surface area contributed by atoms with Gasteiger partial charge in [0.05, 0.1) is 26.3 Å². The van der Waals surface area contributed by atoms with Crippen LogP contribution in [0.15, 0.2) is 174 Å². The number of morpholine rings is 1. The number of carbonyl (C=O) groups excluding carboxylic acids is 10. The fourth-order valence-corrected chi connectivity index (χ4v) is 11.6. The summed E-state index contributed by atoms with van der Waals surface area (Å²) in [5, 5.41) is 0. The number of ketones is 10. The first kappa shape index (κ1) is 65.6. The van der Waals surface area contributed by atoms with Gasteiger partial charge in [0.25, 0.3) is 28.9 Å². The number of ether oxygens (including phenoxy) is 1.